The molecule has 1 aromatic heterocycles. The van der Waals surface area contributed by atoms with Crippen molar-refractivity contribution in [1.29, 1.82) is 0 Å². The van der Waals surface area contributed by atoms with Gasteiger partial charge < -0.3 is 10.3 Å². The molecule has 6 nitrogen and oxygen atoms in total. The number of H-pyrrole nitrogens is 1. The van der Waals surface area contributed by atoms with Crippen LogP contribution in [0.3, 0.4) is 0 Å². The third-order valence-corrected chi connectivity index (χ3v) is 4.33. The van der Waals surface area contributed by atoms with E-state index in [2.05, 4.69) is 39.9 Å². The highest BCUT2D eigenvalue weighted by molar-refractivity contribution is 9.10. The smallest absolute Gasteiger partial charge is 0.267 e. The van der Waals surface area contributed by atoms with Gasteiger partial charge in [-0.1, -0.05) is 23.2 Å². The highest BCUT2D eigenvalue weighted by atomic mass is 79.9. The number of fused-ring (bicyclic) bond motifs is 1. The first-order valence-corrected chi connectivity index (χ1v) is 7.46. The molecule has 0 aliphatic carbocycles. The molecule has 0 amide bonds. The number of anilines is 2. The van der Waals surface area contributed by atoms with E-state index in [4.69, 9.17) is 23.2 Å². The normalized spacial score (nSPS) is 12.2. The zero-order valence-corrected chi connectivity index (χ0v) is 13.4. The van der Waals surface area contributed by atoms with Gasteiger partial charge in [-0.15, -0.1) is 0 Å². The number of aromatic amines is 1. The first kappa shape index (κ1) is 13.7. The van der Waals surface area contributed by atoms with E-state index in [-0.39, 0.29) is 10.0 Å². The monoisotopic (exact) mass is 391 g/mol. The van der Waals surface area contributed by atoms with Gasteiger partial charge in [0.25, 0.3) is 5.56 Å². The third kappa shape index (κ3) is 2.28. The second-order valence-corrected chi connectivity index (χ2v) is 5.83. The van der Waals surface area contributed by atoms with Crippen molar-refractivity contribution in [3.8, 4) is 0 Å². The topological polar surface area (TPSA) is 82.5 Å². The number of nitrogens with zero attached hydrogens (tertiary/aromatic N) is 3. The van der Waals surface area contributed by atoms with Crippen LogP contribution in [0.5, 0.6) is 0 Å². The number of hydrogen-bond donors (Lipinski definition) is 2. The van der Waals surface area contributed by atoms with Crippen LogP contribution >= 0.6 is 39.1 Å². The number of nitrogens with one attached hydrogen (secondary N) is 2. The molecule has 1 aliphatic rings. The van der Waals surface area contributed by atoms with Crippen molar-refractivity contribution in [1.82, 2.24) is 9.97 Å². The van der Waals surface area contributed by atoms with Gasteiger partial charge in [-0.2, -0.15) is 8.73 Å². The summed E-state index contributed by atoms with van der Waals surface area (Å²) in [5.74, 6) is 0.326. The van der Waals surface area contributed by atoms with Crippen LogP contribution in [0.15, 0.2) is 30.4 Å². The van der Waals surface area contributed by atoms with Gasteiger partial charge in [0.15, 0.2) is 5.82 Å². The minimum absolute atomic E-state index is 0.266. The average Bonchev–Trinajstić information content (AvgIpc) is 2.89. The molecule has 1 aromatic carbocycles. The predicted molar refractivity (Wildman–Crippen MR) is 83.8 cm³/mol. The summed E-state index contributed by atoms with van der Waals surface area (Å²) < 4.78 is 8.53. The standard InChI is InChI=1S/C10H4BrCl2N5OS/c11-5-9(14-2-15-10(5)19)16-6-3(12)1-4(13)7-8(6)18-20-17-7/h1-2H,(H2,14,15,16,19). The van der Waals surface area contributed by atoms with Crippen LogP contribution < -0.4 is 10.9 Å². The van der Waals surface area contributed by atoms with Crippen molar-refractivity contribution < 1.29 is 0 Å². The Morgan fingerprint density at radius 3 is 2.80 bits per heavy atom. The van der Waals surface area contributed by atoms with Crippen LogP contribution in [0.25, 0.3) is 0 Å². The van der Waals surface area contributed by atoms with Crippen LogP contribution in [0.1, 0.15) is 0 Å². The summed E-state index contributed by atoms with van der Waals surface area (Å²) in [6, 6.07) is 1.57. The second kappa shape index (κ2) is 5.28. The van der Waals surface area contributed by atoms with Crippen molar-refractivity contribution >= 4 is 73.4 Å². The molecular weight excluding hydrogens is 389 g/mol. The summed E-state index contributed by atoms with van der Waals surface area (Å²) in [5.41, 5.74) is 1.27. The molecule has 0 spiro atoms. The van der Waals surface area contributed by atoms with Gasteiger partial charge in [0.1, 0.15) is 15.8 Å². The van der Waals surface area contributed by atoms with E-state index < -0.39 is 0 Å². The van der Waals surface area contributed by atoms with Crippen LogP contribution in [0, 0.1) is 0 Å². The fraction of sp³-hybridized carbons (Fsp3) is 0. The first-order valence-electron chi connectivity index (χ1n) is 5.18. The Balaban J connectivity index is 2.13. The SMILES string of the molecule is O=c1[nH]cnc(Nc2c(Cl)cc(Cl)c3c2N=S=N3)c1Br. The van der Waals surface area contributed by atoms with Crippen molar-refractivity contribution in [3.63, 3.8) is 0 Å². The maximum absolute atomic E-state index is 11.5. The maximum atomic E-state index is 11.5. The van der Waals surface area contributed by atoms with E-state index in [0.29, 0.717) is 32.9 Å². The number of hydrogen-bond acceptors (Lipinski definition) is 5. The van der Waals surface area contributed by atoms with E-state index in [1.165, 1.54) is 6.33 Å². The van der Waals surface area contributed by atoms with Crippen molar-refractivity contribution in [3.05, 3.63) is 37.3 Å². The van der Waals surface area contributed by atoms with Crippen LogP contribution in [-0.2, 0) is 11.4 Å². The quantitative estimate of drug-likeness (QED) is 0.681. The summed E-state index contributed by atoms with van der Waals surface area (Å²) in [4.78, 5) is 18.0. The lowest BCUT2D eigenvalue weighted by molar-refractivity contribution is 1.10. The molecule has 3 rings (SSSR count). The van der Waals surface area contributed by atoms with Crippen LogP contribution in [-0.4, -0.2) is 9.97 Å². The number of rotatable bonds is 2. The molecule has 0 saturated heterocycles. The number of aromatic nitrogens is 2. The molecule has 20 heavy (non-hydrogen) atoms. The van der Waals surface area contributed by atoms with E-state index in [1.54, 1.807) is 6.07 Å². The lowest BCUT2D eigenvalue weighted by Crippen LogP contribution is -2.10. The fourth-order valence-electron chi connectivity index (χ4n) is 1.58. The molecule has 2 aromatic rings. The first-order chi connectivity index (χ1) is 9.58. The molecule has 1 aliphatic heterocycles. The average molecular weight is 393 g/mol. The second-order valence-electron chi connectivity index (χ2n) is 3.70. The van der Waals surface area contributed by atoms with Gasteiger partial charge >= 0.3 is 0 Å². The molecule has 0 saturated carbocycles. The molecule has 0 fully saturated rings. The van der Waals surface area contributed by atoms with Gasteiger partial charge in [-0.3, -0.25) is 4.79 Å². The fourth-order valence-corrected chi connectivity index (χ4v) is 3.06. The van der Waals surface area contributed by atoms with Crippen molar-refractivity contribution in [2.45, 2.75) is 0 Å². The minimum Gasteiger partial charge on any atom is -0.336 e. The Morgan fingerprint density at radius 1 is 1.25 bits per heavy atom. The molecule has 0 atom stereocenters. The van der Waals surface area contributed by atoms with Gasteiger partial charge in [-0.25, -0.2) is 4.98 Å². The van der Waals surface area contributed by atoms with E-state index in [9.17, 15) is 4.79 Å². The molecule has 0 unspecified atom stereocenters. The number of benzene rings is 1. The van der Waals surface area contributed by atoms with Gasteiger partial charge in [0.2, 0.25) is 0 Å². The maximum Gasteiger partial charge on any atom is 0.267 e. The van der Waals surface area contributed by atoms with E-state index in [1.807, 2.05) is 0 Å². The minimum atomic E-state index is -0.305. The molecule has 2 heterocycles. The predicted octanol–water partition coefficient (Wildman–Crippen LogP) is 4.31. The summed E-state index contributed by atoms with van der Waals surface area (Å²) in [6.07, 6.45) is 1.29. The Hall–Kier alpha value is -1.22. The largest absolute Gasteiger partial charge is 0.336 e. The molecule has 10 heteroatoms. The summed E-state index contributed by atoms with van der Waals surface area (Å²) in [5, 5.41) is 3.76. The van der Waals surface area contributed by atoms with E-state index in [0.717, 1.165) is 11.4 Å². The molecular formula is C10H4BrCl2N5OS. The molecule has 102 valence electrons. The Labute approximate surface area is 134 Å². The summed E-state index contributed by atoms with van der Waals surface area (Å²) in [6.45, 7) is 0. The van der Waals surface area contributed by atoms with Crippen molar-refractivity contribution in [2.24, 2.45) is 8.73 Å². The van der Waals surface area contributed by atoms with Crippen LogP contribution in [0.2, 0.25) is 10.0 Å². The zero-order chi connectivity index (χ0) is 14.3. The molecule has 2 N–H and O–H groups in total. The van der Waals surface area contributed by atoms with Gasteiger partial charge in [0, 0.05) is 0 Å². The van der Waals surface area contributed by atoms with Gasteiger partial charge in [0.05, 0.1) is 33.4 Å². The lowest BCUT2D eigenvalue weighted by Gasteiger charge is -2.11. The highest BCUT2D eigenvalue weighted by Crippen LogP contribution is 2.48. The molecule has 0 bridgehead atoms. The Bertz CT molecular complexity index is 846. The third-order valence-electron chi connectivity index (χ3n) is 2.48. The highest BCUT2D eigenvalue weighted by Gasteiger charge is 2.20. The Kier molecular flexibility index (Phi) is 3.63. The Morgan fingerprint density at radius 2 is 2.00 bits per heavy atom. The zero-order valence-electron chi connectivity index (χ0n) is 9.45. The molecule has 0 radical (unpaired) electrons. The van der Waals surface area contributed by atoms with Gasteiger partial charge in [-0.05, 0) is 22.0 Å². The number of halogens is 3. The summed E-state index contributed by atoms with van der Waals surface area (Å²) in [7, 11) is 0. The van der Waals surface area contributed by atoms with Crippen LogP contribution in [0.4, 0.5) is 22.9 Å². The van der Waals surface area contributed by atoms with E-state index >= 15 is 0 Å². The lowest BCUT2D eigenvalue weighted by atomic mass is 10.2. The van der Waals surface area contributed by atoms with Crippen molar-refractivity contribution in [2.75, 3.05) is 5.32 Å². The summed E-state index contributed by atoms with van der Waals surface area (Å²) >= 11 is 16.4.